The molecule has 0 saturated heterocycles. The van der Waals surface area contributed by atoms with Crippen LogP contribution in [-0.4, -0.2) is 36.4 Å². The maximum absolute atomic E-state index is 12.2. The number of anilines is 2. The Balaban J connectivity index is 1.81. The molecule has 1 saturated carbocycles. The van der Waals surface area contributed by atoms with Crippen LogP contribution in [0.3, 0.4) is 0 Å². The smallest absolute Gasteiger partial charge is 0.215 e. The number of ether oxygens (including phenoxy) is 2. The van der Waals surface area contributed by atoms with E-state index in [0.29, 0.717) is 24.4 Å². The van der Waals surface area contributed by atoms with Crippen molar-refractivity contribution in [3.8, 4) is 11.5 Å². The van der Waals surface area contributed by atoms with Gasteiger partial charge in [-0.05, 0) is 34.3 Å². The third-order valence-electron chi connectivity index (χ3n) is 4.25. The molecule has 1 aromatic carbocycles. The van der Waals surface area contributed by atoms with Crippen molar-refractivity contribution >= 4 is 17.4 Å². The number of aromatic nitrogens is 2. The molecule has 0 amide bonds. The average molecular weight is 332 g/mol. The van der Waals surface area contributed by atoms with Gasteiger partial charge in [0.25, 0.3) is 0 Å². The molecule has 8 nitrogen and oxygen atoms in total. The van der Waals surface area contributed by atoms with E-state index in [2.05, 4.69) is 20.3 Å². The minimum Gasteiger partial charge on any atom is -0.497 e. The van der Waals surface area contributed by atoms with E-state index in [1.54, 1.807) is 14.2 Å². The summed E-state index contributed by atoms with van der Waals surface area (Å²) >= 11 is 0. The van der Waals surface area contributed by atoms with E-state index in [-0.39, 0.29) is 23.6 Å². The van der Waals surface area contributed by atoms with E-state index >= 15 is 0 Å². The number of methoxy groups -OCH3 is 2. The molecule has 1 fully saturated rings. The number of nitrogens with zero attached hydrogens (tertiary/aromatic N) is 2. The van der Waals surface area contributed by atoms with Crippen molar-refractivity contribution in [1.29, 1.82) is 0 Å². The Labute approximate surface area is 139 Å². The molecule has 2 aromatic rings. The van der Waals surface area contributed by atoms with Crippen LogP contribution < -0.4 is 20.5 Å². The number of hydrogen-bond acceptors (Lipinski definition) is 8. The van der Waals surface area contributed by atoms with Gasteiger partial charge in [-0.25, -0.2) is 4.63 Å². The third kappa shape index (κ3) is 3.27. The van der Waals surface area contributed by atoms with E-state index in [1.165, 1.54) is 0 Å². The molecule has 1 heterocycles. The second-order valence-corrected chi connectivity index (χ2v) is 5.83. The largest absolute Gasteiger partial charge is 0.497 e. The Morgan fingerprint density at radius 3 is 2.75 bits per heavy atom. The first-order chi connectivity index (χ1) is 11.6. The van der Waals surface area contributed by atoms with Crippen LogP contribution in [0.15, 0.2) is 22.8 Å². The topological polar surface area (TPSA) is 112 Å². The molecule has 3 N–H and O–H groups in total. The Kier molecular flexibility index (Phi) is 4.54. The molecule has 3 rings (SSSR count). The fraction of sp³-hybridized carbons (Fsp3) is 0.438. The number of rotatable bonds is 5. The first kappa shape index (κ1) is 16.1. The Bertz CT molecular complexity index is 731. The quantitative estimate of drug-likeness (QED) is 0.854. The van der Waals surface area contributed by atoms with Gasteiger partial charge in [-0.3, -0.25) is 4.79 Å². The van der Waals surface area contributed by atoms with Crippen LogP contribution in [0.25, 0.3) is 0 Å². The highest BCUT2D eigenvalue weighted by molar-refractivity contribution is 5.81. The lowest BCUT2D eigenvalue weighted by atomic mass is 9.80. The number of benzene rings is 1. The molecule has 0 bridgehead atoms. The number of carbonyl (C=O) groups excluding carboxylic acids is 1. The van der Waals surface area contributed by atoms with Crippen molar-refractivity contribution < 1.29 is 18.9 Å². The summed E-state index contributed by atoms with van der Waals surface area (Å²) in [6.45, 7) is 0. The predicted molar refractivity (Wildman–Crippen MR) is 87.3 cm³/mol. The van der Waals surface area contributed by atoms with Crippen LogP contribution in [0, 0.1) is 0 Å². The number of nitrogen functional groups attached to an aromatic ring is 1. The lowest BCUT2D eigenvalue weighted by Gasteiger charge is -2.30. The van der Waals surface area contributed by atoms with Gasteiger partial charge in [-0.2, -0.15) is 0 Å². The van der Waals surface area contributed by atoms with Crippen molar-refractivity contribution in [2.24, 2.45) is 0 Å². The van der Waals surface area contributed by atoms with Crippen molar-refractivity contribution in [2.45, 2.75) is 31.2 Å². The Morgan fingerprint density at radius 2 is 2.08 bits per heavy atom. The van der Waals surface area contributed by atoms with Gasteiger partial charge in [0.1, 0.15) is 17.3 Å². The second kappa shape index (κ2) is 6.77. The minimum atomic E-state index is -0.0859. The average Bonchev–Trinajstić information content (AvgIpc) is 2.98. The van der Waals surface area contributed by atoms with Gasteiger partial charge >= 0.3 is 0 Å². The zero-order chi connectivity index (χ0) is 17.1. The van der Waals surface area contributed by atoms with Crippen LogP contribution in [0.5, 0.6) is 11.5 Å². The molecule has 1 aliphatic carbocycles. The van der Waals surface area contributed by atoms with Crippen molar-refractivity contribution in [2.75, 3.05) is 25.3 Å². The molecule has 128 valence electrons. The standard InChI is InChI=1S/C16H20N4O4/c1-22-12-3-4-13(14(8-12)23-2)9-5-10(7-11(21)6-9)18-16-15(17)19-24-20-16/h3-4,8-10H,5-7H2,1-2H3,(H2,17,19)(H,18,20). The molecule has 1 aromatic heterocycles. The maximum atomic E-state index is 12.2. The first-order valence-electron chi connectivity index (χ1n) is 7.69. The SMILES string of the molecule is COc1ccc(C2CC(=O)CC(Nc3nonc3N)C2)c(OC)c1. The molecule has 0 spiro atoms. The van der Waals surface area contributed by atoms with E-state index in [9.17, 15) is 4.79 Å². The molecule has 2 unspecified atom stereocenters. The zero-order valence-electron chi connectivity index (χ0n) is 13.6. The van der Waals surface area contributed by atoms with Crippen molar-refractivity contribution in [3.05, 3.63) is 23.8 Å². The second-order valence-electron chi connectivity index (χ2n) is 5.83. The van der Waals surface area contributed by atoms with Crippen LogP contribution in [0.4, 0.5) is 11.6 Å². The van der Waals surface area contributed by atoms with Crippen LogP contribution in [0.2, 0.25) is 0 Å². The van der Waals surface area contributed by atoms with Gasteiger partial charge < -0.3 is 20.5 Å². The molecule has 8 heteroatoms. The molecule has 24 heavy (non-hydrogen) atoms. The number of nitrogens with two attached hydrogens (primary N) is 1. The fourth-order valence-corrected chi connectivity index (χ4v) is 3.13. The predicted octanol–water partition coefficient (Wildman–Crippen LogP) is 1.99. The highest BCUT2D eigenvalue weighted by Gasteiger charge is 2.31. The number of ketones is 1. The number of Topliss-reactive ketones (excluding diaryl/α,β-unsaturated/α-hetero) is 1. The number of nitrogens with one attached hydrogen (secondary N) is 1. The highest BCUT2D eigenvalue weighted by atomic mass is 16.6. The van der Waals surface area contributed by atoms with Gasteiger partial charge in [-0.1, -0.05) is 6.07 Å². The van der Waals surface area contributed by atoms with Gasteiger partial charge in [0.05, 0.1) is 14.2 Å². The molecular formula is C16H20N4O4. The third-order valence-corrected chi connectivity index (χ3v) is 4.25. The summed E-state index contributed by atoms with van der Waals surface area (Å²) in [5.41, 5.74) is 6.66. The van der Waals surface area contributed by atoms with E-state index in [1.807, 2.05) is 18.2 Å². The number of carbonyl (C=O) groups is 1. The van der Waals surface area contributed by atoms with E-state index < -0.39 is 0 Å². The molecule has 0 radical (unpaired) electrons. The van der Waals surface area contributed by atoms with Gasteiger partial charge in [0, 0.05) is 24.9 Å². The summed E-state index contributed by atoms with van der Waals surface area (Å²) in [7, 11) is 3.22. The van der Waals surface area contributed by atoms with Gasteiger partial charge in [0.15, 0.2) is 0 Å². The first-order valence-corrected chi connectivity index (χ1v) is 7.69. The molecule has 0 aliphatic heterocycles. The summed E-state index contributed by atoms with van der Waals surface area (Å²) < 4.78 is 15.3. The summed E-state index contributed by atoms with van der Waals surface area (Å²) in [6.07, 6.45) is 1.65. The molecule has 2 atom stereocenters. The summed E-state index contributed by atoms with van der Waals surface area (Å²) in [6, 6.07) is 5.57. The summed E-state index contributed by atoms with van der Waals surface area (Å²) in [5, 5.41) is 10.4. The van der Waals surface area contributed by atoms with Gasteiger partial charge in [-0.15, -0.1) is 0 Å². The minimum absolute atomic E-state index is 0.0469. The molecular weight excluding hydrogens is 312 g/mol. The van der Waals surface area contributed by atoms with E-state index in [0.717, 1.165) is 17.7 Å². The molecule has 1 aliphatic rings. The van der Waals surface area contributed by atoms with Crippen molar-refractivity contribution in [3.63, 3.8) is 0 Å². The zero-order valence-corrected chi connectivity index (χ0v) is 13.6. The highest BCUT2D eigenvalue weighted by Crippen LogP contribution is 2.38. The summed E-state index contributed by atoms with van der Waals surface area (Å²) in [4.78, 5) is 12.2. The summed E-state index contributed by atoms with van der Waals surface area (Å²) in [5.74, 6) is 2.22. The monoisotopic (exact) mass is 332 g/mol. The van der Waals surface area contributed by atoms with Crippen molar-refractivity contribution in [1.82, 2.24) is 10.3 Å². The van der Waals surface area contributed by atoms with Crippen LogP contribution >= 0.6 is 0 Å². The lowest BCUT2D eigenvalue weighted by Crippen LogP contribution is -2.32. The normalized spacial score (nSPS) is 20.7. The van der Waals surface area contributed by atoms with Crippen LogP contribution in [0.1, 0.15) is 30.7 Å². The van der Waals surface area contributed by atoms with Crippen LogP contribution in [-0.2, 0) is 4.79 Å². The Morgan fingerprint density at radius 1 is 1.25 bits per heavy atom. The fourth-order valence-electron chi connectivity index (χ4n) is 3.13. The maximum Gasteiger partial charge on any atom is 0.215 e. The van der Waals surface area contributed by atoms with E-state index in [4.69, 9.17) is 15.2 Å². The number of hydrogen-bond donors (Lipinski definition) is 2. The Hall–Kier alpha value is -2.77. The lowest BCUT2D eigenvalue weighted by molar-refractivity contribution is -0.120. The van der Waals surface area contributed by atoms with Gasteiger partial charge in [0.2, 0.25) is 11.6 Å².